The zero-order valence-electron chi connectivity index (χ0n) is 11.4. The van der Waals surface area contributed by atoms with Gasteiger partial charge >= 0.3 is 0 Å². The Morgan fingerprint density at radius 1 is 1.20 bits per heavy atom. The topological polar surface area (TPSA) is 41.9 Å². The molecule has 0 saturated heterocycles. The van der Waals surface area contributed by atoms with Crippen LogP contribution in [0.15, 0.2) is 24.3 Å². The molecule has 4 nitrogen and oxygen atoms in total. The van der Waals surface area contributed by atoms with Crippen molar-refractivity contribution >= 4 is 0 Å². The molecule has 106 valence electrons. The van der Waals surface area contributed by atoms with Crippen molar-refractivity contribution < 1.29 is 14.6 Å². The van der Waals surface area contributed by atoms with Crippen LogP contribution < -0.4 is 9.47 Å². The summed E-state index contributed by atoms with van der Waals surface area (Å²) < 4.78 is 10.8. The summed E-state index contributed by atoms with van der Waals surface area (Å²) in [6.07, 6.45) is 7.71. The summed E-state index contributed by atoms with van der Waals surface area (Å²) in [5, 5.41) is 10.4. The lowest BCUT2D eigenvalue weighted by Gasteiger charge is -2.37. The van der Waals surface area contributed by atoms with E-state index in [1.807, 2.05) is 12.1 Å². The smallest absolute Gasteiger partial charge is 0.231 e. The van der Waals surface area contributed by atoms with Crippen LogP contribution in [-0.2, 0) is 6.54 Å². The monoisotopic (exact) mass is 273 g/mol. The Morgan fingerprint density at radius 2 is 2.05 bits per heavy atom. The molecule has 3 aliphatic rings. The van der Waals surface area contributed by atoms with E-state index in [1.54, 1.807) is 0 Å². The van der Waals surface area contributed by atoms with Gasteiger partial charge in [0.15, 0.2) is 11.5 Å². The van der Waals surface area contributed by atoms with Crippen molar-refractivity contribution in [2.24, 2.45) is 0 Å². The normalized spacial score (nSPS) is 28.4. The van der Waals surface area contributed by atoms with E-state index in [4.69, 9.17) is 9.47 Å². The Labute approximate surface area is 118 Å². The molecule has 0 unspecified atom stereocenters. The minimum Gasteiger partial charge on any atom is -0.454 e. The molecule has 4 heteroatoms. The van der Waals surface area contributed by atoms with Gasteiger partial charge in [-0.2, -0.15) is 0 Å². The third-order valence-corrected chi connectivity index (χ3v) is 4.47. The molecule has 0 amide bonds. The Bertz CT molecular complexity index is 555. The van der Waals surface area contributed by atoms with Crippen LogP contribution in [0.4, 0.5) is 0 Å². The van der Waals surface area contributed by atoms with Gasteiger partial charge in [0.25, 0.3) is 0 Å². The number of aliphatic hydroxyl groups is 1. The van der Waals surface area contributed by atoms with Crippen LogP contribution in [0.5, 0.6) is 11.5 Å². The molecular weight excluding hydrogens is 254 g/mol. The molecule has 0 bridgehead atoms. The van der Waals surface area contributed by atoms with Gasteiger partial charge in [0.05, 0.1) is 6.10 Å². The summed E-state index contributed by atoms with van der Waals surface area (Å²) in [5.41, 5.74) is 2.15. The van der Waals surface area contributed by atoms with Gasteiger partial charge in [-0.1, -0.05) is 12.2 Å². The fraction of sp³-hybridized carbons (Fsp3) is 0.500. The van der Waals surface area contributed by atoms with Crippen LogP contribution in [0, 0.1) is 0 Å². The van der Waals surface area contributed by atoms with Gasteiger partial charge in [-0.15, -0.1) is 0 Å². The molecule has 2 atom stereocenters. The number of aliphatic hydroxyl groups excluding tert-OH is 1. The highest BCUT2D eigenvalue weighted by Crippen LogP contribution is 2.40. The Morgan fingerprint density at radius 3 is 2.85 bits per heavy atom. The number of nitrogens with zero attached hydrogens (tertiary/aromatic N) is 1. The second-order valence-electron chi connectivity index (χ2n) is 5.78. The number of hydrogen-bond acceptors (Lipinski definition) is 4. The molecule has 0 aromatic heterocycles. The Hall–Kier alpha value is -1.52. The van der Waals surface area contributed by atoms with Gasteiger partial charge in [-0.3, -0.25) is 4.90 Å². The average molecular weight is 273 g/mol. The molecule has 2 aliphatic heterocycles. The summed E-state index contributed by atoms with van der Waals surface area (Å²) >= 11 is 0. The fourth-order valence-electron chi connectivity index (χ4n) is 3.40. The van der Waals surface area contributed by atoms with Gasteiger partial charge in [0.2, 0.25) is 6.79 Å². The molecule has 2 heterocycles. The summed E-state index contributed by atoms with van der Waals surface area (Å²) in [5.74, 6) is 1.56. The number of hydrogen-bond donors (Lipinski definition) is 1. The number of ether oxygens (including phenoxy) is 2. The van der Waals surface area contributed by atoms with E-state index < -0.39 is 6.10 Å². The summed E-state index contributed by atoms with van der Waals surface area (Å²) in [7, 11) is 0. The van der Waals surface area contributed by atoms with Crippen molar-refractivity contribution in [3.05, 3.63) is 35.4 Å². The molecular formula is C16H19NO3. The zero-order chi connectivity index (χ0) is 13.5. The van der Waals surface area contributed by atoms with Gasteiger partial charge in [0.1, 0.15) is 0 Å². The van der Waals surface area contributed by atoms with Gasteiger partial charge in [-0.25, -0.2) is 0 Å². The molecule has 0 radical (unpaired) electrons. The third-order valence-electron chi connectivity index (χ3n) is 4.47. The van der Waals surface area contributed by atoms with E-state index in [-0.39, 0.29) is 6.79 Å². The van der Waals surface area contributed by atoms with Crippen LogP contribution >= 0.6 is 0 Å². The van der Waals surface area contributed by atoms with Crippen molar-refractivity contribution in [2.45, 2.75) is 38.0 Å². The zero-order valence-corrected chi connectivity index (χ0v) is 11.4. The molecule has 4 rings (SSSR count). The number of rotatable bonds is 1. The Kier molecular flexibility index (Phi) is 2.93. The summed E-state index contributed by atoms with van der Waals surface area (Å²) in [6.45, 7) is 1.85. The molecule has 0 saturated carbocycles. The highest BCUT2D eigenvalue weighted by Gasteiger charge is 2.30. The number of benzene rings is 1. The molecule has 1 N–H and O–H groups in total. The first-order chi connectivity index (χ1) is 9.81. The third kappa shape index (κ3) is 2.00. The van der Waals surface area contributed by atoms with E-state index in [2.05, 4.69) is 17.1 Å². The largest absolute Gasteiger partial charge is 0.454 e. The quantitative estimate of drug-likeness (QED) is 0.798. The first-order valence-electron chi connectivity index (χ1n) is 7.32. The highest BCUT2D eigenvalue weighted by atomic mass is 16.7. The van der Waals surface area contributed by atoms with Gasteiger partial charge < -0.3 is 14.6 Å². The van der Waals surface area contributed by atoms with E-state index in [0.717, 1.165) is 29.2 Å². The van der Waals surface area contributed by atoms with E-state index in [1.165, 1.54) is 19.3 Å². The predicted octanol–water partition coefficient (Wildman–Crippen LogP) is 2.37. The van der Waals surface area contributed by atoms with Crippen molar-refractivity contribution in [1.82, 2.24) is 4.90 Å². The Balaban J connectivity index is 1.64. The first kappa shape index (κ1) is 12.2. The van der Waals surface area contributed by atoms with E-state index in [9.17, 15) is 5.11 Å². The van der Waals surface area contributed by atoms with E-state index >= 15 is 0 Å². The average Bonchev–Trinajstić information content (AvgIpc) is 2.93. The number of β-amino-alcohol motifs (C(OH)–C–C–N with tert-alkyl or cyclic N) is 1. The van der Waals surface area contributed by atoms with Crippen molar-refractivity contribution in [3.63, 3.8) is 0 Å². The summed E-state index contributed by atoms with van der Waals surface area (Å²) in [6, 6.07) is 4.42. The first-order valence-corrected chi connectivity index (χ1v) is 7.32. The van der Waals surface area contributed by atoms with Gasteiger partial charge in [0, 0.05) is 19.1 Å². The maximum Gasteiger partial charge on any atom is 0.231 e. The molecule has 0 fully saturated rings. The lowest BCUT2D eigenvalue weighted by Crippen LogP contribution is -2.40. The van der Waals surface area contributed by atoms with Crippen molar-refractivity contribution in [3.8, 4) is 11.5 Å². The second kappa shape index (κ2) is 4.79. The molecule has 1 aromatic carbocycles. The maximum absolute atomic E-state index is 10.4. The van der Waals surface area contributed by atoms with E-state index in [0.29, 0.717) is 12.6 Å². The minimum absolute atomic E-state index is 0.281. The van der Waals surface area contributed by atoms with Crippen LogP contribution in [-0.4, -0.2) is 29.4 Å². The molecule has 0 spiro atoms. The fourth-order valence-corrected chi connectivity index (χ4v) is 3.40. The molecule has 1 aromatic rings. The standard InChI is InChI=1S/C16H19NO3/c18-14-9-17(12-4-2-1-3-5-12)8-11-6-15-16(7-13(11)14)20-10-19-15/h2,4,6-7,12,14,18H,1,3,5,8-10H2/t12-,14+/m1/s1. The predicted molar refractivity (Wildman–Crippen MR) is 74.7 cm³/mol. The minimum atomic E-state index is -0.441. The lowest BCUT2D eigenvalue weighted by molar-refractivity contribution is 0.0730. The second-order valence-corrected chi connectivity index (χ2v) is 5.78. The van der Waals surface area contributed by atoms with Crippen LogP contribution in [0.3, 0.4) is 0 Å². The molecule has 1 aliphatic carbocycles. The van der Waals surface area contributed by atoms with Crippen LogP contribution in [0.1, 0.15) is 36.5 Å². The van der Waals surface area contributed by atoms with Crippen molar-refractivity contribution in [2.75, 3.05) is 13.3 Å². The van der Waals surface area contributed by atoms with Gasteiger partial charge in [-0.05, 0) is 42.5 Å². The summed E-state index contributed by atoms with van der Waals surface area (Å²) in [4.78, 5) is 2.37. The number of fused-ring (bicyclic) bond motifs is 2. The van der Waals surface area contributed by atoms with Crippen LogP contribution in [0.25, 0.3) is 0 Å². The van der Waals surface area contributed by atoms with Crippen molar-refractivity contribution in [1.29, 1.82) is 0 Å². The maximum atomic E-state index is 10.4. The van der Waals surface area contributed by atoms with Crippen LogP contribution in [0.2, 0.25) is 0 Å². The highest BCUT2D eigenvalue weighted by molar-refractivity contribution is 5.50. The number of allylic oxidation sites excluding steroid dienone is 1. The molecule has 20 heavy (non-hydrogen) atoms. The lowest BCUT2D eigenvalue weighted by atomic mass is 9.93. The SMILES string of the molecule is O[C@H]1CN([C@@H]2C=CCCC2)Cc2cc3c(cc21)OCO3.